The van der Waals surface area contributed by atoms with Crippen LogP contribution in [-0.4, -0.2) is 52.9 Å². The summed E-state index contributed by atoms with van der Waals surface area (Å²) in [6.45, 7) is 6.31. The molecule has 180 valence electrons. The van der Waals surface area contributed by atoms with E-state index < -0.39 is 10.0 Å². The molecule has 33 heavy (non-hydrogen) atoms. The number of rotatable bonds is 12. The van der Waals surface area contributed by atoms with E-state index in [0.29, 0.717) is 54.2 Å². The Morgan fingerprint density at radius 1 is 1.21 bits per heavy atom. The summed E-state index contributed by atoms with van der Waals surface area (Å²) in [6, 6.07) is 4.48. The number of unbranched alkanes of at least 4 members (excludes halogenated alkanes) is 2. The molecular weight excluding hydrogens is 446 g/mol. The van der Waals surface area contributed by atoms with Gasteiger partial charge < -0.3 is 14.8 Å². The normalized spacial score (nSPS) is 11.9. The molecule has 0 amide bonds. The maximum atomic E-state index is 12.8. The van der Waals surface area contributed by atoms with E-state index in [1.165, 1.54) is 16.6 Å². The number of H-pyrrole nitrogens is 1. The van der Waals surface area contributed by atoms with E-state index in [1.54, 1.807) is 13.0 Å². The molecule has 0 spiro atoms. The van der Waals surface area contributed by atoms with Crippen LogP contribution in [0.4, 0.5) is 0 Å². The van der Waals surface area contributed by atoms with E-state index >= 15 is 0 Å². The Labute approximate surface area is 193 Å². The van der Waals surface area contributed by atoms with E-state index in [9.17, 15) is 13.2 Å². The number of nitrogens with one attached hydrogen (secondary N) is 2. The number of imidazole rings is 1. The fourth-order valence-electron chi connectivity index (χ4n) is 3.59. The van der Waals surface area contributed by atoms with E-state index in [0.717, 1.165) is 12.8 Å². The molecule has 0 saturated carbocycles. The largest absolute Gasteiger partial charge is 0.493 e. The van der Waals surface area contributed by atoms with Crippen molar-refractivity contribution in [3.63, 3.8) is 0 Å². The minimum atomic E-state index is -3.78. The molecule has 11 heteroatoms. The van der Waals surface area contributed by atoms with Crippen LogP contribution in [0.1, 0.15) is 51.0 Å². The molecule has 0 aliphatic rings. The minimum absolute atomic E-state index is 0.0430. The third kappa shape index (κ3) is 5.60. The Balaban J connectivity index is 2.05. The van der Waals surface area contributed by atoms with Crippen molar-refractivity contribution in [3.05, 3.63) is 40.1 Å². The molecule has 0 radical (unpaired) electrons. The highest BCUT2D eigenvalue weighted by atomic mass is 32.2. The first-order valence-electron chi connectivity index (χ1n) is 11.2. The molecule has 0 bridgehead atoms. The molecule has 0 atom stereocenters. The van der Waals surface area contributed by atoms with Gasteiger partial charge in [0.15, 0.2) is 11.3 Å². The SMILES string of the molecule is CCCc1nc(C)c2c(=O)[nH]c(-c3cc(S(=O)(=O)NCCCCCO)ccc3OCC)nn12. The maximum Gasteiger partial charge on any atom is 0.277 e. The number of hydrogen-bond donors (Lipinski definition) is 3. The molecule has 0 aliphatic carbocycles. The van der Waals surface area contributed by atoms with Gasteiger partial charge in [0.2, 0.25) is 10.0 Å². The second-order valence-electron chi connectivity index (χ2n) is 7.70. The second-order valence-corrected chi connectivity index (χ2v) is 9.47. The van der Waals surface area contributed by atoms with Gasteiger partial charge in [-0.15, -0.1) is 5.10 Å². The topological polar surface area (TPSA) is 139 Å². The summed E-state index contributed by atoms with van der Waals surface area (Å²) >= 11 is 0. The third-order valence-electron chi connectivity index (χ3n) is 5.16. The first-order valence-corrected chi connectivity index (χ1v) is 12.7. The predicted molar refractivity (Wildman–Crippen MR) is 125 cm³/mol. The van der Waals surface area contributed by atoms with Gasteiger partial charge in [-0.2, -0.15) is 0 Å². The fourth-order valence-corrected chi connectivity index (χ4v) is 4.69. The van der Waals surface area contributed by atoms with Gasteiger partial charge in [-0.05, 0) is 57.7 Å². The number of benzene rings is 1. The lowest BCUT2D eigenvalue weighted by molar-refractivity contribution is 0.283. The Hall–Kier alpha value is -2.76. The summed E-state index contributed by atoms with van der Waals surface area (Å²) in [4.78, 5) is 20.1. The van der Waals surface area contributed by atoms with Crippen LogP contribution >= 0.6 is 0 Å². The van der Waals surface area contributed by atoms with Crippen LogP contribution < -0.4 is 15.0 Å². The van der Waals surface area contributed by atoms with Gasteiger partial charge in [-0.1, -0.05) is 6.92 Å². The van der Waals surface area contributed by atoms with E-state index in [4.69, 9.17) is 9.84 Å². The van der Waals surface area contributed by atoms with Crippen molar-refractivity contribution in [2.45, 2.75) is 57.8 Å². The van der Waals surface area contributed by atoms with Crippen LogP contribution in [0.5, 0.6) is 5.75 Å². The van der Waals surface area contributed by atoms with Crippen molar-refractivity contribution in [2.24, 2.45) is 0 Å². The van der Waals surface area contributed by atoms with Crippen LogP contribution in [0.2, 0.25) is 0 Å². The summed E-state index contributed by atoms with van der Waals surface area (Å²) in [5.74, 6) is 1.28. The van der Waals surface area contributed by atoms with Crippen molar-refractivity contribution >= 4 is 15.5 Å². The summed E-state index contributed by atoms with van der Waals surface area (Å²) < 4.78 is 35.5. The lowest BCUT2D eigenvalue weighted by Gasteiger charge is -2.13. The Morgan fingerprint density at radius 2 is 2.00 bits per heavy atom. The maximum absolute atomic E-state index is 12.8. The van der Waals surface area contributed by atoms with Gasteiger partial charge in [-0.3, -0.25) is 4.79 Å². The predicted octanol–water partition coefficient (Wildman–Crippen LogP) is 2.19. The Bertz CT molecular complexity index is 1270. The first kappa shape index (κ1) is 24.9. The van der Waals surface area contributed by atoms with Crippen LogP contribution in [0.3, 0.4) is 0 Å². The molecule has 3 rings (SSSR count). The average Bonchev–Trinajstić information content (AvgIpc) is 3.10. The highest BCUT2D eigenvalue weighted by Crippen LogP contribution is 2.30. The first-order chi connectivity index (χ1) is 15.8. The molecule has 3 N–H and O–H groups in total. The zero-order valence-corrected chi connectivity index (χ0v) is 20.0. The number of nitrogens with zero attached hydrogens (tertiary/aromatic N) is 3. The van der Waals surface area contributed by atoms with E-state index in [-0.39, 0.29) is 29.4 Å². The summed E-state index contributed by atoms with van der Waals surface area (Å²) in [7, 11) is -3.78. The van der Waals surface area contributed by atoms with E-state index in [1.807, 2.05) is 13.8 Å². The average molecular weight is 478 g/mol. The van der Waals surface area contributed by atoms with Crippen molar-refractivity contribution in [2.75, 3.05) is 19.8 Å². The molecule has 0 aliphatic heterocycles. The van der Waals surface area contributed by atoms with Crippen LogP contribution in [-0.2, 0) is 16.4 Å². The number of aliphatic hydroxyl groups is 1. The number of aromatic amines is 1. The monoisotopic (exact) mass is 477 g/mol. The molecule has 1 aromatic carbocycles. The van der Waals surface area contributed by atoms with Gasteiger partial charge >= 0.3 is 0 Å². The van der Waals surface area contributed by atoms with Gasteiger partial charge in [-0.25, -0.2) is 22.6 Å². The zero-order chi connectivity index (χ0) is 24.0. The van der Waals surface area contributed by atoms with Crippen LogP contribution in [0, 0.1) is 6.92 Å². The quantitative estimate of drug-likeness (QED) is 0.340. The number of ether oxygens (including phenoxy) is 1. The fraction of sp³-hybridized carbons (Fsp3) is 0.500. The van der Waals surface area contributed by atoms with Crippen LogP contribution in [0.15, 0.2) is 27.9 Å². The summed E-state index contributed by atoms with van der Waals surface area (Å²) in [5, 5.41) is 13.4. The number of aliphatic hydroxyl groups excluding tert-OH is 1. The van der Waals surface area contributed by atoms with Crippen molar-refractivity contribution in [1.82, 2.24) is 24.3 Å². The molecule has 2 aromatic heterocycles. The van der Waals surface area contributed by atoms with Gasteiger partial charge in [0.05, 0.1) is 22.8 Å². The molecule has 0 unspecified atom stereocenters. The van der Waals surface area contributed by atoms with Gasteiger partial charge in [0, 0.05) is 19.6 Å². The van der Waals surface area contributed by atoms with Crippen LogP contribution in [0.25, 0.3) is 16.9 Å². The summed E-state index contributed by atoms with van der Waals surface area (Å²) in [5.41, 5.74) is 0.969. The van der Waals surface area contributed by atoms with Gasteiger partial charge in [0.25, 0.3) is 5.56 Å². The van der Waals surface area contributed by atoms with E-state index in [2.05, 4.69) is 19.8 Å². The van der Waals surface area contributed by atoms with Gasteiger partial charge in [0.1, 0.15) is 11.6 Å². The van der Waals surface area contributed by atoms with Crippen molar-refractivity contribution < 1.29 is 18.3 Å². The number of fused-ring (bicyclic) bond motifs is 1. The number of aryl methyl sites for hydroxylation is 2. The second kappa shape index (κ2) is 10.9. The minimum Gasteiger partial charge on any atom is -0.493 e. The number of hydrogen-bond acceptors (Lipinski definition) is 7. The molecule has 0 fully saturated rings. The highest BCUT2D eigenvalue weighted by molar-refractivity contribution is 7.89. The smallest absolute Gasteiger partial charge is 0.277 e. The molecule has 10 nitrogen and oxygen atoms in total. The highest BCUT2D eigenvalue weighted by Gasteiger charge is 2.20. The lowest BCUT2D eigenvalue weighted by atomic mass is 10.2. The standard InChI is InChI=1S/C22H31N5O5S/c1-4-9-19-24-15(3)20-22(29)25-21(26-27(19)20)17-14-16(10-11-18(17)32-5-2)33(30,31)23-12-7-6-8-13-28/h10-11,14,23,28H,4-9,12-13H2,1-3H3,(H,25,26,29). The zero-order valence-electron chi connectivity index (χ0n) is 19.2. The molecule has 3 aromatic rings. The van der Waals surface area contributed by atoms with Crippen molar-refractivity contribution in [1.29, 1.82) is 0 Å². The number of sulfonamides is 1. The summed E-state index contributed by atoms with van der Waals surface area (Å²) in [6.07, 6.45) is 3.46. The molecule has 0 saturated heterocycles. The lowest BCUT2D eigenvalue weighted by Crippen LogP contribution is -2.25. The van der Waals surface area contributed by atoms with Crippen molar-refractivity contribution in [3.8, 4) is 17.1 Å². The number of aromatic nitrogens is 4. The Kier molecular flexibility index (Phi) is 8.22. The molecular formula is C22H31N5O5S. The third-order valence-corrected chi connectivity index (χ3v) is 6.62. The Morgan fingerprint density at radius 3 is 2.70 bits per heavy atom. The molecule has 2 heterocycles.